The van der Waals surface area contributed by atoms with Gasteiger partial charge < -0.3 is 43.2 Å². The zero-order valence-corrected chi connectivity index (χ0v) is 30.8. The SMILES string of the molecule is COc1ccc2nc3cc(Cl)ccc3c(NCCCCCCNC(=O)CCNC(=O)CCNC(=O)C(N)CCCN=C(N)N)c2c1.Cl.Cl.Cl. The van der Waals surface area contributed by atoms with Crippen LogP contribution >= 0.6 is 48.8 Å². The maximum Gasteiger partial charge on any atom is 0.236 e. The largest absolute Gasteiger partial charge is 0.497 e. The molecule has 10 N–H and O–H groups in total. The molecule has 2 aromatic carbocycles. The smallest absolute Gasteiger partial charge is 0.236 e. The number of guanidine groups is 1. The van der Waals surface area contributed by atoms with E-state index < -0.39 is 6.04 Å². The second-order valence-corrected chi connectivity index (χ2v) is 11.4. The standard InChI is InChI=1S/C32H46ClN9O4.3ClH/c1-46-22-9-11-26-24(20-22)30(23-10-8-21(33)19-27(23)42-26)39-15-5-3-2-4-14-37-28(43)12-17-38-29(44)13-18-40-31(45)25(34)7-6-16-41-32(35)36;;;/h8-11,19-20,25H,2-7,12-18,34H2,1H3,(H,37,43)(H,38,44)(H,39,42)(H,40,45)(H4,35,36,41);3*1H. The number of nitrogens with two attached hydrogens (primary N) is 3. The van der Waals surface area contributed by atoms with Gasteiger partial charge in [0.2, 0.25) is 17.7 Å². The molecule has 1 unspecified atom stereocenters. The van der Waals surface area contributed by atoms with Crippen LogP contribution < -0.4 is 43.2 Å². The molecule has 0 saturated carbocycles. The number of carbonyl (C=O) groups excluding carboxylic acids is 3. The van der Waals surface area contributed by atoms with Gasteiger partial charge in [0.05, 0.1) is 29.9 Å². The van der Waals surface area contributed by atoms with Crippen LogP contribution in [0.5, 0.6) is 5.75 Å². The molecular weight excluding hydrogens is 716 g/mol. The van der Waals surface area contributed by atoms with Gasteiger partial charge in [0.25, 0.3) is 0 Å². The summed E-state index contributed by atoms with van der Waals surface area (Å²) in [5.74, 6) is 0.0617. The fraction of sp³-hybridized carbons (Fsp3) is 0.469. The molecule has 0 aliphatic heterocycles. The van der Waals surface area contributed by atoms with E-state index in [1.54, 1.807) is 7.11 Å². The Balaban J connectivity index is 0.00000768. The summed E-state index contributed by atoms with van der Waals surface area (Å²) in [6.07, 6.45) is 5.10. The minimum Gasteiger partial charge on any atom is -0.497 e. The molecule has 49 heavy (non-hydrogen) atoms. The monoisotopic (exact) mass is 763 g/mol. The summed E-state index contributed by atoms with van der Waals surface area (Å²) < 4.78 is 5.43. The minimum absolute atomic E-state index is 0. The summed E-state index contributed by atoms with van der Waals surface area (Å²) in [4.78, 5) is 44.8. The van der Waals surface area contributed by atoms with Gasteiger partial charge in [0.1, 0.15) is 5.75 Å². The van der Waals surface area contributed by atoms with E-state index >= 15 is 0 Å². The lowest BCUT2D eigenvalue weighted by Crippen LogP contribution is -2.42. The molecule has 3 rings (SSSR count). The van der Waals surface area contributed by atoms with E-state index in [1.165, 1.54) is 0 Å². The van der Waals surface area contributed by atoms with Crippen LogP contribution in [0.25, 0.3) is 21.8 Å². The molecule has 17 heteroatoms. The Morgan fingerprint density at radius 3 is 2.14 bits per heavy atom. The molecule has 0 fully saturated rings. The number of benzene rings is 2. The molecule has 0 aliphatic carbocycles. The predicted molar refractivity (Wildman–Crippen MR) is 206 cm³/mol. The lowest BCUT2D eigenvalue weighted by atomic mass is 10.1. The Kier molecular flexibility index (Phi) is 22.9. The summed E-state index contributed by atoms with van der Waals surface area (Å²) >= 11 is 6.22. The molecule has 274 valence electrons. The van der Waals surface area contributed by atoms with Gasteiger partial charge >= 0.3 is 0 Å². The Hall–Kier alpha value is -3.49. The fourth-order valence-electron chi connectivity index (χ4n) is 4.83. The Bertz CT molecular complexity index is 1510. The number of carbonyl (C=O) groups is 3. The normalized spacial score (nSPS) is 10.8. The molecular formula is C32H49Cl4N9O4. The van der Waals surface area contributed by atoms with Gasteiger partial charge in [0.15, 0.2) is 5.96 Å². The third-order valence-electron chi connectivity index (χ3n) is 7.30. The van der Waals surface area contributed by atoms with Gasteiger partial charge in [-0.25, -0.2) is 4.98 Å². The molecule has 1 atom stereocenters. The van der Waals surface area contributed by atoms with Crippen molar-refractivity contribution in [3.63, 3.8) is 0 Å². The van der Waals surface area contributed by atoms with Crippen LogP contribution in [0.1, 0.15) is 51.4 Å². The number of hydrogen-bond donors (Lipinski definition) is 7. The van der Waals surface area contributed by atoms with Gasteiger partial charge in [-0.1, -0.05) is 24.4 Å². The van der Waals surface area contributed by atoms with E-state index in [2.05, 4.69) is 26.3 Å². The maximum absolute atomic E-state index is 12.1. The van der Waals surface area contributed by atoms with Crippen LogP contribution in [0, 0.1) is 0 Å². The highest BCUT2D eigenvalue weighted by molar-refractivity contribution is 6.31. The number of rotatable bonds is 20. The molecule has 0 aliphatic rings. The molecule has 0 saturated heterocycles. The number of methoxy groups -OCH3 is 1. The minimum atomic E-state index is -0.697. The van der Waals surface area contributed by atoms with Crippen molar-refractivity contribution in [3.8, 4) is 5.75 Å². The summed E-state index contributed by atoms with van der Waals surface area (Å²) in [5.41, 5.74) is 19.1. The summed E-state index contributed by atoms with van der Waals surface area (Å²) in [6.45, 7) is 2.16. The average molecular weight is 766 g/mol. The van der Waals surface area contributed by atoms with Gasteiger partial charge in [-0.15, -0.1) is 37.2 Å². The van der Waals surface area contributed by atoms with Crippen LogP contribution in [-0.4, -0.2) is 74.5 Å². The number of fused-ring (bicyclic) bond motifs is 2. The number of unbranched alkanes of at least 4 members (excludes halogenated alkanes) is 3. The summed E-state index contributed by atoms with van der Waals surface area (Å²) in [5, 5.41) is 14.5. The van der Waals surface area contributed by atoms with Crippen LogP contribution in [0.15, 0.2) is 41.4 Å². The summed E-state index contributed by atoms with van der Waals surface area (Å²) in [6, 6.07) is 10.9. The van der Waals surface area contributed by atoms with E-state index in [0.717, 1.165) is 65.5 Å². The van der Waals surface area contributed by atoms with Crippen molar-refractivity contribution < 1.29 is 19.1 Å². The number of halogens is 4. The number of ether oxygens (including phenoxy) is 1. The van der Waals surface area contributed by atoms with Crippen molar-refractivity contribution >= 4 is 100.0 Å². The van der Waals surface area contributed by atoms with E-state index in [9.17, 15) is 14.4 Å². The maximum atomic E-state index is 12.1. The van der Waals surface area contributed by atoms with Crippen LogP contribution in [-0.2, 0) is 14.4 Å². The highest BCUT2D eigenvalue weighted by Gasteiger charge is 2.14. The highest BCUT2D eigenvalue weighted by atomic mass is 35.5. The van der Waals surface area contributed by atoms with Gasteiger partial charge in [-0.05, 0) is 62.1 Å². The first-order valence-electron chi connectivity index (χ1n) is 15.6. The topological polar surface area (TPSA) is 212 Å². The Morgan fingerprint density at radius 1 is 0.816 bits per heavy atom. The van der Waals surface area contributed by atoms with Gasteiger partial charge in [0, 0.05) is 61.4 Å². The first kappa shape index (κ1) is 45.5. The number of amides is 3. The van der Waals surface area contributed by atoms with Crippen LogP contribution in [0.3, 0.4) is 0 Å². The lowest BCUT2D eigenvalue weighted by Gasteiger charge is -2.14. The first-order valence-corrected chi connectivity index (χ1v) is 16.0. The van der Waals surface area contributed by atoms with Gasteiger partial charge in [-0.2, -0.15) is 0 Å². The number of aliphatic imine (C=N–C) groups is 1. The van der Waals surface area contributed by atoms with Crippen molar-refractivity contribution in [2.24, 2.45) is 22.2 Å². The van der Waals surface area contributed by atoms with Crippen molar-refractivity contribution in [1.29, 1.82) is 0 Å². The molecule has 1 heterocycles. The quantitative estimate of drug-likeness (QED) is 0.0386. The highest BCUT2D eigenvalue weighted by Crippen LogP contribution is 2.34. The Labute approximate surface area is 310 Å². The lowest BCUT2D eigenvalue weighted by molar-refractivity contribution is -0.123. The van der Waals surface area contributed by atoms with Crippen molar-refractivity contribution in [3.05, 3.63) is 41.4 Å². The number of anilines is 1. The average Bonchev–Trinajstić information content (AvgIpc) is 3.03. The van der Waals surface area contributed by atoms with Crippen molar-refractivity contribution in [1.82, 2.24) is 20.9 Å². The molecule has 0 spiro atoms. The van der Waals surface area contributed by atoms with Crippen molar-refractivity contribution in [2.45, 2.75) is 57.4 Å². The number of pyridine rings is 1. The first-order chi connectivity index (χ1) is 22.2. The van der Waals surface area contributed by atoms with E-state index in [4.69, 9.17) is 38.5 Å². The zero-order valence-electron chi connectivity index (χ0n) is 27.6. The number of nitrogens with zero attached hydrogens (tertiary/aromatic N) is 2. The number of nitrogens with one attached hydrogen (secondary N) is 4. The van der Waals surface area contributed by atoms with Crippen LogP contribution in [0.2, 0.25) is 5.02 Å². The molecule has 13 nitrogen and oxygen atoms in total. The molecule has 0 bridgehead atoms. The van der Waals surface area contributed by atoms with Crippen molar-refractivity contribution in [2.75, 3.05) is 45.2 Å². The van der Waals surface area contributed by atoms with E-state index in [-0.39, 0.29) is 86.8 Å². The molecule has 3 amide bonds. The number of aromatic nitrogens is 1. The molecule has 0 radical (unpaired) electrons. The zero-order chi connectivity index (χ0) is 33.3. The van der Waals surface area contributed by atoms with Gasteiger partial charge in [-0.3, -0.25) is 19.4 Å². The summed E-state index contributed by atoms with van der Waals surface area (Å²) in [7, 11) is 1.65. The third-order valence-corrected chi connectivity index (χ3v) is 7.54. The third kappa shape index (κ3) is 16.2. The number of hydrogen-bond acceptors (Lipinski definition) is 8. The Morgan fingerprint density at radius 2 is 1.47 bits per heavy atom. The molecule has 1 aromatic heterocycles. The fourth-order valence-corrected chi connectivity index (χ4v) is 5.00. The molecule has 3 aromatic rings. The van der Waals surface area contributed by atoms with E-state index in [1.807, 2.05) is 36.4 Å². The second kappa shape index (κ2) is 24.6. The van der Waals surface area contributed by atoms with E-state index in [0.29, 0.717) is 31.0 Å². The van der Waals surface area contributed by atoms with Crippen LogP contribution in [0.4, 0.5) is 5.69 Å². The predicted octanol–water partition coefficient (Wildman–Crippen LogP) is 3.80. The second-order valence-electron chi connectivity index (χ2n) is 10.9.